The molecule has 37 heavy (non-hydrogen) atoms. The zero-order valence-corrected chi connectivity index (χ0v) is 25.8. The third-order valence-corrected chi connectivity index (χ3v) is 13.1. The second kappa shape index (κ2) is 13.8. The lowest BCUT2D eigenvalue weighted by Gasteiger charge is -2.41. The molecule has 1 aliphatic carbocycles. The van der Waals surface area contributed by atoms with Gasteiger partial charge in [0.1, 0.15) is 0 Å². The van der Waals surface area contributed by atoms with Crippen LogP contribution in [-0.4, -0.2) is 72.0 Å². The molecule has 1 saturated heterocycles. The van der Waals surface area contributed by atoms with Gasteiger partial charge in [-0.1, -0.05) is 53.0 Å². The summed E-state index contributed by atoms with van der Waals surface area (Å²) < 4.78 is 31.0. The minimum absolute atomic E-state index is 0.109. The molecule has 2 fully saturated rings. The highest BCUT2D eigenvalue weighted by molar-refractivity contribution is 6.74. The van der Waals surface area contributed by atoms with Gasteiger partial charge in [0, 0.05) is 25.7 Å². The largest absolute Gasteiger partial charge is 0.493 e. The maximum atomic E-state index is 6.97. The number of likely N-dealkylation sites (tertiary alicyclic amines) is 1. The molecule has 0 radical (unpaired) electrons. The molecule has 1 aliphatic heterocycles. The van der Waals surface area contributed by atoms with Gasteiger partial charge in [0.25, 0.3) is 0 Å². The van der Waals surface area contributed by atoms with Crippen LogP contribution in [0.25, 0.3) is 0 Å². The fourth-order valence-electron chi connectivity index (χ4n) is 5.27. The van der Waals surface area contributed by atoms with Crippen LogP contribution in [0.15, 0.2) is 18.2 Å². The SMILES string of the molecule is CCCCO[C@@H]1CCN([C@@H]2CCCC[C@H]2OCC(O[Si](C)(C)C(C)(C)C)c2ccc(OC)c(OC)c2)C1. The van der Waals surface area contributed by atoms with E-state index in [4.69, 9.17) is 23.4 Å². The van der Waals surface area contributed by atoms with Gasteiger partial charge in [-0.25, -0.2) is 0 Å². The predicted molar refractivity (Wildman–Crippen MR) is 153 cm³/mol. The van der Waals surface area contributed by atoms with Crippen LogP contribution in [-0.2, 0) is 13.9 Å². The van der Waals surface area contributed by atoms with Crippen LogP contribution in [0.3, 0.4) is 0 Å². The molecule has 0 bridgehead atoms. The smallest absolute Gasteiger partial charge is 0.193 e. The number of methoxy groups -OCH3 is 2. The molecule has 1 unspecified atom stereocenters. The zero-order chi connectivity index (χ0) is 27.1. The van der Waals surface area contributed by atoms with Gasteiger partial charge in [-0.15, -0.1) is 0 Å². The fourth-order valence-corrected chi connectivity index (χ4v) is 6.54. The number of hydrogen-bond donors (Lipinski definition) is 0. The minimum atomic E-state index is -2.03. The van der Waals surface area contributed by atoms with Crippen molar-refractivity contribution in [3.8, 4) is 11.5 Å². The van der Waals surface area contributed by atoms with Crippen molar-refractivity contribution in [1.82, 2.24) is 4.90 Å². The molecule has 7 heteroatoms. The van der Waals surface area contributed by atoms with E-state index in [-0.39, 0.29) is 17.2 Å². The molecule has 4 atom stereocenters. The summed E-state index contributed by atoms with van der Waals surface area (Å²) >= 11 is 0. The van der Waals surface area contributed by atoms with Crippen molar-refractivity contribution in [2.24, 2.45) is 0 Å². The molecule has 0 spiro atoms. The quantitative estimate of drug-likeness (QED) is 0.200. The average Bonchev–Trinajstić information content (AvgIpc) is 3.34. The van der Waals surface area contributed by atoms with Gasteiger partial charge >= 0.3 is 0 Å². The maximum absolute atomic E-state index is 6.97. The van der Waals surface area contributed by atoms with E-state index >= 15 is 0 Å². The Morgan fingerprint density at radius 3 is 2.41 bits per heavy atom. The Kier molecular flexibility index (Phi) is 11.3. The van der Waals surface area contributed by atoms with E-state index in [0.29, 0.717) is 18.8 Å². The number of unbranched alkanes of at least 4 members (excludes halogenated alkanes) is 1. The maximum Gasteiger partial charge on any atom is 0.193 e. The number of rotatable bonds is 13. The first kappa shape index (κ1) is 30.4. The lowest BCUT2D eigenvalue weighted by atomic mass is 9.91. The van der Waals surface area contributed by atoms with Gasteiger partial charge in [-0.2, -0.15) is 0 Å². The monoisotopic (exact) mass is 535 g/mol. The molecule has 3 rings (SSSR count). The highest BCUT2D eigenvalue weighted by Crippen LogP contribution is 2.41. The van der Waals surface area contributed by atoms with E-state index in [0.717, 1.165) is 56.0 Å². The number of ether oxygens (including phenoxy) is 4. The van der Waals surface area contributed by atoms with Crippen LogP contribution >= 0.6 is 0 Å². The van der Waals surface area contributed by atoms with Crippen LogP contribution in [0, 0.1) is 0 Å². The van der Waals surface area contributed by atoms with E-state index in [1.54, 1.807) is 14.2 Å². The molecule has 0 aromatic heterocycles. The Hall–Kier alpha value is -1.12. The Morgan fingerprint density at radius 1 is 1.00 bits per heavy atom. The van der Waals surface area contributed by atoms with Crippen LogP contribution in [0.5, 0.6) is 11.5 Å². The minimum Gasteiger partial charge on any atom is -0.493 e. The highest BCUT2D eigenvalue weighted by atomic mass is 28.4. The molecule has 1 aromatic carbocycles. The number of benzene rings is 1. The van der Waals surface area contributed by atoms with Gasteiger partial charge in [0.15, 0.2) is 19.8 Å². The van der Waals surface area contributed by atoms with E-state index < -0.39 is 8.32 Å². The van der Waals surface area contributed by atoms with Crippen molar-refractivity contribution in [2.75, 3.05) is 40.5 Å². The second-order valence-electron chi connectivity index (χ2n) is 12.3. The Bertz CT molecular complexity index is 827. The van der Waals surface area contributed by atoms with Crippen molar-refractivity contribution in [3.05, 3.63) is 23.8 Å². The Labute approximate surface area is 227 Å². The first-order valence-electron chi connectivity index (χ1n) is 14.5. The number of nitrogens with zero attached hydrogens (tertiary/aromatic N) is 1. The molecule has 212 valence electrons. The first-order valence-corrected chi connectivity index (χ1v) is 17.4. The molecular formula is C30H53NO5Si. The lowest BCUT2D eigenvalue weighted by Crippen LogP contribution is -2.47. The van der Waals surface area contributed by atoms with Crippen LogP contribution < -0.4 is 9.47 Å². The molecular weight excluding hydrogens is 482 g/mol. The molecule has 1 saturated carbocycles. The second-order valence-corrected chi connectivity index (χ2v) is 17.1. The average molecular weight is 536 g/mol. The zero-order valence-electron chi connectivity index (χ0n) is 24.8. The Balaban J connectivity index is 1.73. The van der Waals surface area contributed by atoms with Crippen LogP contribution in [0.1, 0.15) is 84.3 Å². The summed E-state index contributed by atoms with van der Waals surface area (Å²) in [7, 11) is 1.32. The normalized spacial score (nSPS) is 24.3. The number of hydrogen-bond acceptors (Lipinski definition) is 6. The standard InChI is InChI=1S/C30H53NO5Si/c1-9-10-19-34-24-17-18-31(21-24)25-13-11-12-14-26(25)35-22-29(36-37(7,8)30(2,3)4)23-15-16-27(32-5)28(20-23)33-6/h15-16,20,24-26,29H,9-14,17-19,21-22H2,1-8H3/t24-,25-,26-,29?/m1/s1. The van der Waals surface area contributed by atoms with E-state index in [9.17, 15) is 0 Å². The summed E-state index contributed by atoms with van der Waals surface area (Å²) in [5.74, 6) is 1.46. The summed E-state index contributed by atoms with van der Waals surface area (Å²) in [6.07, 6.45) is 8.76. The summed E-state index contributed by atoms with van der Waals surface area (Å²) in [6, 6.07) is 6.59. The van der Waals surface area contributed by atoms with Crippen LogP contribution in [0.2, 0.25) is 18.1 Å². The summed E-state index contributed by atoms with van der Waals surface area (Å²) in [6.45, 7) is 17.3. The third kappa shape index (κ3) is 8.18. The van der Waals surface area contributed by atoms with Gasteiger partial charge in [0.05, 0.1) is 39.1 Å². The molecule has 6 nitrogen and oxygen atoms in total. The van der Waals surface area contributed by atoms with E-state index in [1.165, 1.54) is 25.7 Å². The van der Waals surface area contributed by atoms with Crippen molar-refractivity contribution in [3.63, 3.8) is 0 Å². The molecule has 1 aromatic rings. The Morgan fingerprint density at radius 2 is 1.73 bits per heavy atom. The van der Waals surface area contributed by atoms with Crippen molar-refractivity contribution in [1.29, 1.82) is 0 Å². The lowest BCUT2D eigenvalue weighted by molar-refractivity contribution is -0.0624. The molecule has 1 heterocycles. The van der Waals surface area contributed by atoms with Crippen molar-refractivity contribution >= 4 is 8.32 Å². The molecule has 2 aliphatic rings. The summed E-state index contributed by atoms with van der Waals surface area (Å²) in [5, 5.41) is 0.109. The summed E-state index contributed by atoms with van der Waals surface area (Å²) in [4.78, 5) is 2.64. The highest BCUT2D eigenvalue weighted by Gasteiger charge is 2.41. The fraction of sp³-hybridized carbons (Fsp3) is 0.800. The van der Waals surface area contributed by atoms with Crippen molar-refractivity contribution in [2.45, 2.75) is 115 Å². The van der Waals surface area contributed by atoms with Gasteiger partial charge in [-0.05, 0) is 61.5 Å². The van der Waals surface area contributed by atoms with Gasteiger partial charge in [-0.3, -0.25) is 4.90 Å². The van der Waals surface area contributed by atoms with E-state index in [2.05, 4.69) is 57.8 Å². The third-order valence-electron chi connectivity index (χ3n) is 8.65. The topological polar surface area (TPSA) is 49.4 Å². The van der Waals surface area contributed by atoms with Crippen LogP contribution in [0.4, 0.5) is 0 Å². The first-order chi connectivity index (χ1) is 17.6. The summed E-state index contributed by atoms with van der Waals surface area (Å²) in [5.41, 5.74) is 1.08. The predicted octanol–water partition coefficient (Wildman–Crippen LogP) is 6.99. The van der Waals surface area contributed by atoms with Gasteiger partial charge < -0.3 is 23.4 Å². The molecule has 0 amide bonds. The van der Waals surface area contributed by atoms with Gasteiger partial charge in [0.2, 0.25) is 0 Å². The van der Waals surface area contributed by atoms with Crippen molar-refractivity contribution < 1.29 is 23.4 Å². The molecule has 0 N–H and O–H groups in total. The van der Waals surface area contributed by atoms with E-state index in [1.807, 2.05) is 6.07 Å².